The average Bonchev–Trinajstić information content (AvgIpc) is 3.11. The third-order valence-corrected chi connectivity index (χ3v) is 7.68. The third-order valence-electron chi connectivity index (χ3n) is 5.77. The van der Waals surface area contributed by atoms with Gasteiger partial charge in [-0.3, -0.25) is 9.48 Å². The maximum absolute atomic E-state index is 12.9. The van der Waals surface area contributed by atoms with Crippen molar-refractivity contribution in [3.05, 3.63) is 82.7 Å². The molecule has 0 unspecified atom stereocenters. The van der Waals surface area contributed by atoms with Gasteiger partial charge in [-0.1, -0.05) is 42.5 Å². The normalized spacial score (nSPS) is 14.8. The van der Waals surface area contributed by atoms with Gasteiger partial charge in [-0.2, -0.15) is 9.40 Å². The molecule has 1 amide bonds. The van der Waals surface area contributed by atoms with Crippen LogP contribution < -0.4 is 5.32 Å². The van der Waals surface area contributed by atoms with Gasteiger partial charge >= 0.3 is 0 Å². The number of benzene rings is 2. The van der Waals surface area contributed by atoms with Crippen molar-refractivity contribution < 1.29 is 17.9 Å². The van der Waals surface area contributed by atoms with Gasteiger partial charge in [0.1, 0.15) is 0 Å². The van der Waals surface area contributed by atoms with Crippen molar-refractivity contribution in [1.29, 1.82) is 0 Å². The second kappa shape index (κ2) is 9.86. The molecule has 0 bridgehead atoms. The van der Waals surface area contributed by atoms with Crippen molar-refractivity contribution in [2.24, 2.45) is 0 Å². The van der Waals surface area contributed by atoms with Crippen molar-refractivity contribution in [3.63, 3.8) is 0 Å². The van der Waals surface area contributed by atoms with Crippen molar-refractivity contribution in [2.75, 3.05) is 26.3 Å². The Morgan fingerprint density at radius 3 is 2.33 bits per heavy atom. The summed E-state index contributed by atoms with van der Waals surface area (Å²) in [6.45, 7) is 6.14. The highest BCUT2D eigenvalue weighted by molar-refractivity contribution is 7.89. The quantitative estimate of drug-likeness (QED) is 0.575. The van der Waals surface area contributed by atoms with Crippen LogP contribution in [-0.4, -0.2) is 54.7 Å². The van der Waals surface area contributed by atoms with E-state index >= 15 is 0 Å². The summed E-state index contributed by atoms with van der Waals surface area (Å²) in [7, 11) is -3.53. The molecule has 0 spiro atoms. The Morgan fingerprint density at radius 2 is 1.67 bits per heavy atom. The molecule has 2 heterocycles. The minimum Gasteiger partial charge on any atom is -0.379 e. The Hall–Kier alpha value is -3.01. The van der Waals surface area contributed by atoms with Crippen molar-refractivity contribution in [1.82, 2.24) is 19.4 Å². The minimum atomic E-state index is -3.53. The van der Waals surface area contributed by atoms with Crippen LogP contribution in [0.1, 0.15) is 32.9 Å². The zero-order chi connectivity index (χ0) is 23.4. The summed E-state index contributed by atoms with van der Waals surface area (Å²) >= 11 is 0. The zero-order valence-corrected chi connectivity index (χ0v) is 19.6. The van der Waals surface area contributed by atoms with E-state index < -0.39 is 10.0 Å². The van der Waals surface area contributed by atoms with E-state index in [0.29, 0.717) is 50.7 Å². The molecule has 1 aromatic heterocycles. The molecular formula is C24H28N4O4S. The van der Waals surface area contributed by atoms with Gasteiger partial charge in [0, 0.05) is 25.3 Å². The van der Waals surface area contributed by atoms with Crippen LogP contribution >= 0.6 is 0 Å². The Kier molecular flexibility index (Phi) is 6.92. The van der Waals surface area contributed by atoms with Crippen molar-refractivity contribution in [2.45, 2.75) is 31.8 Å². The van der Waals surface area contributed by atoms with E-state index in [-0.39, 0.29) is 10.8 Å². The number of hydrogen-bond acceptors (Lipinski definition) is 5. The molecule has 4 rings (SSSR count). The predicted molar refractivity (Wildman–Crippen MR) is 124 cm³/mol. The molecule has 1 N–H and O–H groups in total. The van der Waals surface area contributed by atoms with E-state index in [1.165, 1.54) is 4.31 Å². The molecule has 9 heteroatoms. The lowest BCUT2D eigenvalue weighted by molar-refractivity contribution is 0.0730. The number of aryl methyl sites for hydroxylation is 1. The van der Waals surface area contributed by atoms with Crippen LogP contribution in [0.2, 0.25) is 0 Å². The van der Waals surface area contributed by atoms with E-state index in [4.69, 9.17) is 4.74 Å². The lowest BCUT2D eigenvalue weighted by atomic mass is 10.1. The first kappa shape index (κ1) is 23.2. The Balaban J connectivity index is 1.41. The highest BCUT2D eigenvalue weighted by atomic mass is 32.2. The molecule has 0 radical (unpaired) electrons. The lowest BCUT2D eigenvalue weighted by Gasteiger charge is -2.26. The minimum absolute atomic E-state index is 0.200. The number of carbonyl (C=O) groups is 1. The fourth-order valence-corrected chi connectivity index (χ4v) is 5.33. The van der Waals surface area contributed by atoms with E-state index in [1.807, 2.05) is 48.9 Å². The molecule has 2 aromatic carbocycles. The van der Waals surface area contributed by atoms with Gasteiger partial charge in [-0.15, -0.1) is 0 Å². The predicted octanol–water partition coefficient (Wildman–Crippen LogP) is 2.50. The number of sulfonamides is 1. The SMILES string of the molecule is Cc1nn(Cc2ccccc2)c(C)c1C(=O)NCc1ccc(S(=O)(=O)N2CCOCC2)cc1. The molecule has 1 fully saturated rings. The molecule has 1 aliphatic rings. The van der Waals surface area contributed by atoms with Gasteiger partial charge in [0.25, 0.3) is 5.91 Å². The summed E-state index contributed by atoms with van der Waals surface area (Å²) in [4.78, 5) is 13.1. The largest absolute Gasteiger partial charge is 0.379 e. The fraction of sp³-hybridized carbons (Fsp3) is 0.333. The molecule has 0 aliphatic carbocycles. The number of rotatable bonds is 7. The number of nitrogens with zero attached hydrogens (tertiary/aromatic N) is 3. The van der Waals surface area contributed by atoms with Crippen LogP contribution in [0.3, 0.4) is 0 Å². The van der Waals surface area contributed by atoms with Gasteiger partial charge < -0.3 is 10.1 Å². The molecule has 0 atom stereocenters. The standard InChI is InChI=1S/C24H28N4O4S/c1-18-23(19(2)28(26-18)17-21-6-4-3-5-7-21)24(29)25-16-20-8-10-22(11-9-20)33(30,31)27-12-14-32-15-13-27/h3-11H,12-17H2,1-2H3,(H,25,29). The Morgan fingerprint density at radius 1 is 1.00 bits per heavy atom. The van der Waals surface area contributed by atoms with Gasteiger partial charge in [0.05, 0.1) is 35.9 Å². The van der Waals surface area contributed by atoms with Gasteiger partial charge in [0.15, 0.2) is 0 Å². The van der Waals surface area contributed by atoms with E-state index in [0.717, 1.165) is 16.8 Å². The van der Waals surface area contributed by atoms with Gasteiger partial charge in [0.2, 0.25) is 10.0 Å². The van der Waals surface area contributed by atoms with Crippen LogP contribution in [0.25, 0.3) is 0 Å². The average molecular weight is 469 g/mol. The summed E-state index contributed by atoms with van der Waals surface area (Å²) in [5, 5.41) is 7.47. The maximum atomic E-state index is 12.9. The molecular weight excluding hydrogens is 440 g/mol. The van der Waals surface area contributed by atoms with Crippen LogP contribution in [0.5, 0.6) is 0 Å². The number of morpholine rings is 1. The third kappa shape index (κ3) is 5.16. The second-order valence-corrected chi connectivity index (χ2v) is 9.97. The molecule has 1 saturated heterocycles. The maximum Gasteiger partial charge on any atom is 0.255 e. The van der Waals surface area contributed by atoms with E-state index in [1.54, 1.807) is 24.3 Å². The first-order valence-corrected chi connectivity index (χ1v) is 12.3. The van der Waals surface area contributed by atoms with Crippen molar-refractivity contribution in [3.8, 4) is 0 Å². The second-order valence-electron chi connectivity index (χ2n) is 8.03. The number of carbonyl (C=O) groups excluding carboxylic acids is 1. The number of hydrogen-bond donors (Lipinski definition) is 1. The van der Waals surface area contributed by atoms with Crippen molar-refractivity contribution >= 4 is 15.9 Å². The first-order chi connectivity index (χ1) is 15.9. The topological polar surface area (TPSA) is 93.5 Å². The Bertz CT molecular complexity index is 1220. The summed E-state index contributed by atoms with van der Waals surface area (Å²) < 4.78 is 34.0. The number of aromatic nitrogens is 2. The molecule has 1 aliphatic heterocycles. The highest BCUT2D eigenvalue weighted by Gasteiger charge is 2.26. The number of nitrogens with one attached hydrogen (secondary N) is 1. The zero-order valence-electron chi connectivity index (χ0n) is 18.8. The number of amides is 1. The van der Waals surface area contributed by atoms with Crippen LogP contribution in [0.15, 0.2) is 59.5 Å². The van der Waals surface area contributed by atoms with Gasteiger partial charge in [-0.05, 0) is 37.1 Å². The van der Waals surface area contributed by atoms with E-state index in [2.05, 4.69) is 10.4 Å². The van der Waals surface area contributed by atoms with Gasteiger partial charge in [-0.25, -0.2) is 8.42 Å². The van der Waals surface area contributed by atoms with Crippen LogP contribution in [-0.2, 0) is 27.8 Å². The summed E-state index contributed by atoms with van der Waals surface area (Å²) in [5.41, 5.74) is 3.98. The van der Waals surface area contributed by atoms with Crippen LogP contribution in [0, 0.1) is 13.8 Å². The molecule has 3 aromatic rings. The highest BCUT2D eigenvalue weighted by Crippen LogP contribution is 2.18. The summed E-state index contributed by atoms with van der Waals surface area (Å²) in [6, 6.07) is 16.6. The molecule has 174 valence electrons. The molecule has 33 heavy (non-hydrogen) atoms. The van der Waals surface area contributed by atoms with E-state index in [9.17, 15) is 13.2 Å². The Labute approximate surface area is 194 Å². The fourth-order valence-electron chi connectivity index (χ4n) is 3.92. The number of ether oxygens (including phenoxy) is 1. The summed E-state index contributed by atoms with van der Waals surface area (Å²) in [5.74, 6) is -0.200. The monoisotopic (exact) mass is 468 g/mol. The summed E-state index contributed by atoms with van der Waals surface area (Å²) in [6.07, 6.45) is 0. The van der Waals surface area contributed by atoms with Crippen LogP contribution in [0.4, 0.5) is 0 Å². The molecule has 8 nitrogen and oxygen atoms in total. The lowest BCUT2D eigenvalue weighted by Crippen LogP contribution is -2.40. The smallest absolute Gasteiger partial charge is 0.255 e. The first-order valence-electron chi connectivity index (χ1n) is 10.9. The molecule has 0 saturated carbocycles.